The highest BCUT2D eigenvalue weighted by Crippen LogP contribution is 2.29. The van der Waals surface area contributed by atoms with Gasteiger partial charge in [-0.2, -0.15) is 0 Å². The Labute approximate surface area is 188 Å². The Morgan fingerprint density at radius 3 is 2.47 bits per heavy atom. The molecule has 3 rings (SSSR count). The van der Waals surface area contributed by atoms with E-state index in [2.05, 4.69) is 15.1 Å². The summed E-state index contributed by atoms with van der Waals surface area (Å²) in [7, 11) is -1.35. The van der Waals surface area contributed by atoms with Gasteiger partial charge in [0, 0.05) is 11.5 Å². The first-order valence-electron chi connectivity index (χ1n) is 11.4. The first kappa shape index (κ1) is 24.4. The number of unbranched alkanes of at least 4 members (excludes halogenated alkanes) is 1. The van der Waals surface area contributed by atoms with Crippen LogP contribution in [-0.2, 0) is 4.79 Å². The van der Waals surface area contributed by atoms with Gasteiger partial charge in [0.05, 0.1) is 0 Å². The Balaban J connectivity index is 1.41. The highest BCUT2D eigenvalue weighted by molar-refractivity contribution is 6.40. The first-order chi connectivity index (χ1) is 15.4. The summed E-state index contributed by atoms with van der Waals surface area (Å²) in [6.07, 6.45) is 4.61. The van der Waals surface area contributed by atoms with Crippen molar-refractivity contribution in [3.8, 4) is 11.5 Å². The minimum atomic E-state index is -1.35. The Bertz CT molecular complexity index is 842. The number of piperidine rings is 1. The normalized spacial score (nSPS) is 17.2. The second-order valence-electron chi connectivity index (χ2n) is 8.72. The maximum atomic E-state index is 11.7. The Kier molecular flexibility index (Phi) is 8.80. The van der Waals surface area contributed by atoms with Crippen molar-refractivity contribution >= 4 is 13.1 Å². The minimum absolute atomic E-state index is 0.234. The summed E-state index contributed by atoms with van der Waals surface area (Å²) in [6, 6.07) is 9.73. The summed E-state index contributed by atoms with van der Waals surface area (Å²) in [5, 5.41) is 35.8. The van der Waals surface area contributed by atoms with Gasteiger partial charge >= 0.3 is 13.1 Å². The fourth-order valence-electron chi connectivity index (χ4n) is 4.22. The van der Waals surface area contributed by atoms with Crippen molar-refractivity contribution in [1.29, 1.82) is 0 Å². The molecule has 5 N–H and O–H groups in total. The lowest BCUT2D eigenvalue weighted by Gasteiger charge is -2.31. The van der Waals surface area contributed by atoms with Crippen molar-refractivity contribution in [1.82, 2.24) is 15.1 Å². The van der Waals surface area contributed by atoms with Crippen molar-refractivity contribution in [3.63, 3.8) is 0 Å². The zero-order chi connectivity index (χ0) is 23.0. The monoisotopic (exact) mass is 444 g/mol. The summed E-state index contributed by atoms with van der Waals surface area (Å²) in [4.78, 5) is 14.0. The van der Waals surface area contributed by atoms with Gasteiger partial charge in [0.15, 0.2) is 0 Å². The van der Waals surface area contributed by atoms with Crippen LogP contribution in [0, 0.1) is 0 Å². The molecule has 9 nitrogen and oxygen atoms in total. The largest absolute Gasteiger partial charge is 0.480 e. The molecule has 0 bridgehead atoms. The highest BCUT2D eigenvalue weighted by atomic mass is 16.4. The molecule has 1 aliphatic heterocycles. The summed E-state index contributed by atoms with van der Waals surface area (Å²) >= 11 is 0. The number of carboxylic acids is 1. The molecular weight excluding hydrogens is 411 g/mol. The number of aromatic nitrogens is 2. The van der Waals surface area contributed by atoms with Crippen LogP contribution in [0.3, 0.4) is 0 Å². The van der Waals surface area contributed by atoms with Crippen LogP contribution in [-0.4, -0.2) is 68.5 Å². The van der Waals surface area contributed by atoms with Crippen molar-refractivity contribution in [2.45, 2.75) is 62.7 Å². The van der Waals surface area contributed by atoms with Crippen LogP contribution in [0.15, 0.2) is 34.7 Å². The van der Waals surface area contributed by atoms with Gasteiger partial charge in [-0.1, -0.05) is 31.0 Å². The molecule has 174 valence electrons. The van der Waals surface area contributed by atoms with Crippen LogP contribution in [0.25, 0.3) is 11.5 Å². The van der Waals surface area contributed by atoms with Gasteiger partial charge in [0.1, 0.15) is 5.54 Å². The van der Waals surface area contributed by atoms with E-state index in [1.54, 1.807) is 0 Å². The lowest BCUT2D eigenvalue weighted by molar-refractivity contribution is -0.144. The van der Waals surface area contributed by atoms with Crippen LogP contribution in [0.4, 0.5) is 0 Å². The molecule has 1 aromatic heterocycles. The smallest absolute Gasteiger partial charge is 0.451 e. The molecule has 1 atom stereocenters. The van der Waals surface area contributed by atoms with E-state index >= 15 is 0 Å². The maximum absolute atomic E-state index is 11.7. The minimum Gasteiger partial charge on any atom is -0.480 e. The van der Waals surface area contributed by atoms with Crippen molar-refractivity contribution in [2.75, 3.05) is 19.6 Å². The number of hydrogen-bond donors (Lipinski definition) is 4. The summed E-state index contributed by atoms with van der Waals surface area (Å²) < 4.78 is 5.90. The van der Waals surface area contributed by atoms with E-state index in [-0.39, 0.29) is 12.2 Å². The second kappa shape index (κ2) is 11.6. The van der Waals surface area contributed by atoms with E-state index in [4.69, 9.17) is 20.2 Å². The van der Waals surface area contributed by atoms with Gasteiger partial charge < -0.3 is 30.2 Å². The predicted molar refractivity (Wildman–Crippen MR) is 121 cm³/mol. The number of benzene rings is 1. The molecule has 0 amide bonds. The molecule has 0 spiro atoms. The standard InChI is InChI=1S/C22H33BN4O5/c24-22(21(28)29,11-4-5-13-23(30)31)12-6-14-27-15-9-18(10-16-27)20-26-25-19(32-20)17-7-2-1-3-8-17/h1-3,7-8,18,30-31H,4-6,9-16,24H2,(H,28,29). The molecule has 10 heteroatoms. The summed E-state index contributed by atoms with van der Waals surface area (Å²) in [5.41, 5.74) is 5.80. The average Bonchev–Trinajstić information content (AvgIpc) is 3.28. The molecule has 0 aliphatic carbocycles. The molecule has 2 aromatic rings. The molecule has 1 fully saturated rings. The Morgan fingerprint density at radius 1 is 1.12 bits per heavy atom. The highest BCUT2D eigenvalue weighted by Gasteiger charge is 2.33. The van der Waals surface area contributed by atoms with Gasteiger partial charge in [0.2, 0.25) is 11.8 Å². The number of likely N-dealkylation sites (tertiary alicyclic amines) is 1. The third-order valence-electron chi connectivity index (χ3n) is 6.26. The van der Waals surface area contributed by atoms with E-state index in [1.807, 2.05) is 30.3 Å². The molecule has 1 aromatic carbocycles. The van der Waals surface area contributed by atoms with Gasteiger partial charge in [-0.05, 0) is 70.2 Å². The van der Waals surface area contributed by atoms with Crippen LogP contribution >= 0.6 is 0 Å². The van der Waals surface area contributed by atoms with E-state index in [0.717, 1.165) is 38.0 Å². The van der Waals surface area contributed by atoms with E-state index < -0.39 is 18.6 Å². The molecule has 1 aliphatic rings. The van der Waals surface area contributed by atoms with E-state index in [1.165, 1.54) is 0 Å². The predicted octanol–water partition coefficient (Wildman–Crippen LogP) is 2.12. The third kappa shape index (κ3) is 6.87. The van der Waals surface area contributed by atoms with Crippen molar-refractivity contribution in [3.05, 3.63) is 36.2 Å². The Morgan fingerprint density at radius 2 is 1.81 bits per heavy atom. The van der Waals surface area contributed by atoms with E-state index in [0.29, 0.717) is 43.9 Å². The fraction of sp³-hybridized carbons (Fsp3) is 0.591. The maximum Gasteiger partial charge on any atom is 0.451 e. The van der Waals surface area contributed by atoms with Crippen LogP contribution < -0.4 is 5.73 Å². The molecule has 2 heterocycles. The van der Waals surface area contributed by atoms with Gasteiger partial charge in [-0.25, -0.2) is 0 Å². The molecule has 1 unspecified atom stereocenters. The van der Waals surface area contributed by atoms with Crippen LogP contribution in [0.2, 0.25) is 6.32 Å². The number of carbonyl (C=O) groups is 1. The number of nitrogens with two attached hydrogens (primary N) is 1. The zero-order valence-electron chi connectivity index (χ0n) is 18.4. The first-order valence-corrected chi connectivity index (χ1v) is 11.4. The number of rotatable bonds is 12. The lowest BCUT2D eigenvalue weighted by atomic mass is 9.81. The topological polar surface area (TPSA) is 146 Å². The summed E-state index contributed by atoms with van der Waals surface area (Å²) in [6.45, 7) is 2.59. The lowest BCUT2D eigenvalue weighted by Crippen LogP contribution is -2.48. The fourth-order valence-corrected chi connectivity index (χ4v) is 4.22. The number of carboxylic acid groups (broad SMARTS) is 1. The SMILES string of the molecule is NC(CCCCB(O)O)(CCCN1CCC(c2nnc(-c3ccccc3)o2)CC1)C(=O)O. The second-order valence-corrected chi connectivity index (χ2v) is 8.72. The molecular formula is C22H33BN4O5. The number of hydrogen-bond acceptors (Lipinski definition) is 8. The third-order valence-corrected chi connectivity index (χ3v) is 6.26. The van der Waals surface area contributed by atoms with Crippen LogP contribution in [0.1, 0.15) is 56.8 Å². The average molecular weight is 444 g/mol. The van der Waals surface area contributed by atoms with Gasteiger partial charge in [-0.15, -0.1) is 10.2 Å². The molecule has 1 saturated heterocycles. The number of nitrogens with zero attached hydrogens (tertiary/aromatic N) is 3. The molecule has 0 saturated carbocycles. The molecule has 32 heavy (non-hydrogen) atoms. The van der Waals surface area contributed by atoms with Crippen molar-refractivity contribution in [2.24, 2.45) is 5.73 Å². The van der Waals surface area contributed by atoms with Gasteiger partial charge in [0.25, 0.3) is 0 Å². The van der Waals surface area contributed by atoms with Crippen LogP contribution in [0.5, 0.6) is 0 Å². The number of aliphatic carboxylic acids is 1. The molecule has 0 radical (unpaired) electrons. The van der Waals surface area contributed by atoms with Gasteiger partial charge in [-0.3, -0.25) is 4.79 Å². The van der Waals surface area contributed by atoms with E-state index in [9.17, 15) is 9.90 Å². The summed E-state index contributed by atoms with van der Waals surface area (Å²) in [5.74, 6) is 0.477. The van der Waals surface area contributed by atoms with Crippen molar-refractivity contribution < 1.29 is 24.4 Å². The Hall–Kier alpha value is -2.27. The quantitative estimate of drug-likeness (QED) is 0.286. The zero-order valence-corrected chi connectivity index (χ0v) is 18.4.